The summed E-state index contributed by atoms with van der Waals surface area (Å²) in [4.78, 5) is 26.1. The molecule has 0 radical (unpaired) electrons. The number of nitrogens with zero attached hydrogens (tertiary/aromatic N) is 2. The Morgan fingerprint density at radius 1 is 1.07 bits per heavy atom. The number of aromatic nitrogens is 1. The monoisotopic (exact) mass is 387 g/mol. The molecule has 1 amide bonds. The molecule has 3 aromatic rings. The van der Waals surface area contributed by atoms with Crippen LogP contribution in [0.3, 0.4) is 0 Å². The Morgan fingerprint density at radius 2 is 1.72 bits per heavy atom. The van der Waals surface area contributed by atoms with Crippen molar-refractivity contribution in [2.75, 3.05) is 0 Å². The van der Waals surface area contributed by atoms with Crippen molar-refractivity contribution in [2.24, 2.45) is 5.92 Å². The van der Waals surface area contributed by atoms with Gasteiger partial charge in [-0.3, -0.25) is 9.59 Å². The molecule has 0 bridgehead atoms. The fourth-order valence-electron chi connectivity index (χ4n) is 3.07. The number of aryl methyl sites for hydroxylation is 1. The molecule has 1 N–H and O–H groups in total. The van der Waals surface area contributed by atoms with E-state index in [2.05, 4.69) is 10.5 Å². The highest BCUT2D eigenvalue weighted by Gasteiger charge is 2.29. The van der Waals surface area contributed by atoms with Gasteiger partial charge in [-0.25, -0.2) is 0 Å². The van der Waals surface area contributed by atoms with Crippen molar-refractivity contribution in [3.8, 4) is 17.3 Å². The van der Waals surface area contributed by atoms with Crippen molar-refractivity contribution in [3.05, 3.63) is 77.0 Å². The van der Waals surface area contributed by atoms with Gasteiger partial charge in [0.2, 0.25) is 0 Å². The number of nitrogens with one attached hydrogen (secondary N) is 1. The molecule has 0 aliphatic carbocycles. The first-order valence-electron chi connectivity index (χ1n) is 9.29. The summed E-state index contributed by atoms with van der Waals surface area (Å²) in [5.41, 5.74) is 2.42. The third kappa shape index (κ3) is 4.25. The maximum Gasteiger partial charge on any atom is 0.257 e. The normalized spacial score (nSPS) is 11.7. The number of carbonyl (C=O) groups is 2. The first-order valence-corrected chi connectivity index (χ1v) is 9.29. The first kappa shape index (κ1) is 20.0. The van der Waals surface area contributed by atoms with Gasteiger partial charge in [0.25, 0.3) is 5.91 Å². The second-order valence-corrected chi connectivity index (χ2v) is 7.08. The number of ketones is 1. The third-order valence-corrected chi connectivity index (χ3v) is 4.67. The number of Topliss-reactive ketones (excluding diaryl/α,β-unsaturated/α-hetero) is 1. The predicted molar refractivity (Wildman–Crippen MR) is 108 cm³/mol. The van der Waals surface area contributed by atoms with E-state index in [0.29, 0.717) is 28.1 Å². The average Bonchev–Trinajstić information content (AvgIpc) is 3.13. The molecule has 3 rings (SSSR count). The molecule has 1 heterocycles. The predicted octanol–water partition coefficient (Wildman–Crippen LogP) is 4.16. The van der Waals surface area contributed by atoms with E-state index in [1.54, 1.807) is 31.2 Å². The van der Waals surface area contributed by atoms with E-state index in [1.807, 2.05) is 50.2 Å². The van der Waals surface area contributed by atoms with E-state index in [4.69, 9.17) is 9.78 Å². The van der Waals surface area contributed by atoms with Gasteiger partial charge in [-0.15, -0.1) is 0 Å². The number of carbonyl (C=O) groups excluding carboxylic acids is 2. The Bertz CT molecular complexity index is 1060. The van der Waals surface area contributed by atoms with Gasteiger partial charge in [-0.1, -0.05) is 61.5 Å². The van der Waals surface area contributed by atoms with Crippen molar-refractivity contribution in [3.63, 3.8) is 0 Å². The summed E-state index contributed by atoms with van der Waals surface area (Å²) in [6.07, 6.45) is 0. The Hall–Kier alpha value is -3.72. The number of nitriles is 1. The lowest BCUT2D eigenvalue weighted by Gasteiger charge is -2.21. The van der Waals surface area contributed by atoms with Gasteiger partial charge in [-0.2, -0.15) is 5.26 Å². The Labute approximate surface area is 169 Å². The Morgan fingerprint density at radius 3 is 2.31 bits per heavy atom. The molecule has 1 unspecified atom stereocenters. The summed E-state index contributed by atoms with van der Waals surface area (Å²) in [5.74, 6) is -0.381. The van der Waals surface area contributed by atoms with Crippen LogP contribution in [0.5, 0.6) is 0 Å². The molecule has 0 aliphatic heterocycles. The summed E-state index contributed by atoms with van der Waals surface area (Å²) < 4.78 is 5.26. The summed E-state index contributed by atoms with van der Waals surface area (Å²) in [6, 6.07) is 16.9. The van der Waals surface area contributed by atoms with Gasteiger partial charge in [-0.05, 0) is 25.0 Å². The van der Waals surface area contributed by atoms with Gasteiger partial charge >= 0.3 is 0 Å². The molecule has 0 saturated carbocycles. The number of benzene rings is 2. The molecule has 0 spiro atoms. The number of amides is 1. The van der Waals surface area contributed by atoms with E-state index >= 15 is 0 Å². The van der Waals surface area contributed by atoms with E-state index < -0.39 is 11.9 Å². The third-order valence-electron chi connectivity index (χ3n) is 4.67. The second-order valence-electron chi connectivity index (χ2n) is 7.08. The van der Waals surface area contributed by atoms with Crippen LogP contribution in [-0.2, 0) is 0 Å². The maximum atomic E-state index is 13.1. The smallest absolute Gasteiger partial charge is 0.257 e. The van der Waals surface area contributed by atoms with E-state index in [-0.39, 0.29) is 11.7 Å². The van der Waals surface area contributed by atoms with E-state index in [9.17, 15) is 9.59 Å². The topological polar surface area (TPSA) is 96.0 Å². The van der Waals surface area contributed by atoms with Crippen LogP contribution in [-0.4, -0.2) is 22.9 Å². The summed E-state index contributed by atoms with van der Waals surface area (Å²) in [7, 11) is 0. The molecule has 0 saturated heterocycles. The van der Waals surface area contributed by atoms with Crippen molar-refractivity contribution in [1.82, 2.24) is 10.5 Å². The standard InChI is InChI=1S/C23H21N3O3/c1-14(2)20(22(27)18-11-9-16(13-24)10-12-18)25-23(28)19-15(3)29-26-21(19)17-7-5-4-6-8-17/h4-12,14,20H,1-3H3,(H,25,28). The minimum Gasteiger partial charge on any atom is -0.360 e. The van der Waals surface area contributed by atoms with Crippen molar-refractivity contribution < 1.29 is 14.1 Å². The number of hydrogen-bond donors (Lipinski definition) is 1. The highest BCUT2D eigenvalue weighted by Crippen LogP contribution is 2.25. The zero-order valence-corrected chi connectivity index (χ0v) is 16.5. The van der Waals surface area contributed by atoms with Crippen molar-refractivity contribution >= 4 is 11.7 Å². The summed E-state index contributed by atoms with van der Waals surface area (Å²) in [5, 5.41) is 15.8. The Balaban J connectivity index is 1.88. The van der Waals surface area contributed by atoms with Crippen molar-refractivity contribution in [2.45, 2.75) is 26.8 Å². The zero-order valence-electron chi connectivity index (χ0n) is 16.5. The van der Waals surface area contributed by atoms with Gasteiger partial charge < -0.3 is 9.84 Å². The van der Waals surface area contributed by atoms with E-state index in [1.165, 1.54) is 0 Å². The Kier molecular flexibility index (Phi) is 5.89. The van der Waals surface area contributed by atoms with Gasteiger partial charge in [0.1, 0.15) is 17.0 Å². The first-order chi connectivity index (χ1) is 13.9. The largest absolute Gasteiger partial charge is 0.360 e. The molecule has 146 valence electrons. The molecule has 0 aliphatic rings. The van der Waals surface area contributed by atoms with Crippen LogP contribution in [0.2, 0.25) is 0 Å². The molecule has 1 atom stereocenters. The highest BCUT2D eigenvalue weighted by atomic mass is 16.5. The van der Waals surface area contributed by atoms with Crippen LogP contribution in [0.15, 0.2) is 59.1 Å². The van der Waals surface area contributed by atoms with Crippen LogP contribution < -0.4 is 5.32 Å². The molecule has 0 fully saturated rings. The fourth-order valence-corrected chi connectivity index (χ4v) is 3.07. The van der Waals surface area contributed by atoms with Gasteiger partial charge in [0, 0.05) is 11.1 Å². The lowest BCUT2D eigenvalue weighted by molar-refractivity contribution is 0.0831. The molecule has 6 heteroatoms. The average molecular weight is 387 g/mol. The second kappa shape index (κ2) is 8.53. The minimum atomic E-state index is -0.728. The lowest BCUT2D eigenvalue weighted by atomic mass is 9.94. The van der Waals surface area contributed by atoms with Crippen LogP contribution in [0, 0.1) is 24.2 Å². The lowest BCUT2D eigenvalue weighted by Crippen LogP contribution is -2.44. The quantitative estimate of drug-likeness (QED) is 0.641. The van der Waals surface area contributed by atoms with Crippen LogP contribution in [0.4, 0.5) is 0 Å². The van der Waals surface area contributed by atoms with E-state index in [0.717, 1.165) is 5.56 Å². The molecule has 2 aromatic carbocycles. The SMILES string of the molecule is Cc1onc(-c2ccccc2)c1C(=O)NC(C(=O)c1ccc(C#N)cc1)C(C)C. The number of hydrogen-bond acceptors (Lipinski definition) is 5. The summed E-state index contributed by atoms with van der Waals surface area (Å²) >= 11 is 0. The van der Waals surface area contributed by atoms with Crippen molar-refractivity contribution in [1.29, 1.82) is 5.26 Å². The van der Waals surface area contributed by atoms with Crippen LogP contribution >= 0.6 is 0 Å². The van der Waals surface area contributed by atoms with Gasteiger partial charge in [0.05, 0.1) is 17.7 Å². The molecule has 6 nitrogen and oxygen atoms in total. The molecular weight excluding hydrogens is 366 g/mol. The van der Waals surface area contributed by atoms with Crippen LogP contribution in [0.1, 0.15) is 45.9 Å². The van der Waals surface area contributed by atoms with Gasteiger partial charge in [0.15, 0.2) is 5.78 Å². The molecule has 1 aromatic heterocycles. The maximum absolute atomic E-state index is 13.1. The molecular formula is C23H21N3O3. The van der Waals surface area contributed by atoms with Crippen LogP contribution in [0.25, 0.3) is 11.3 Å². The summed E-state index contributed by atoms with van der Waals surface area (Å²) in [6.45, 7) is 5.40. The highest BCUT2D eigenvalue weighted by molar-refractivity contribution is 6.06. The molecule has 29 heavy (non-hydrogen) atoms. The fraction of sp³-hybridized carbons (Fsp3) is 0.217. The zero-order chi connectivity index (χ0) is 21.0. The number of rotatable bonds is 6. The minimum absolute atomic E-state index is 0.137.